The predicted molar refractivity (Wildman–Crippen MR) is 140 cm³/mol. The average Bonchev–Trinajstić information content (AvgIpc) is 2.85. The van der Waals surface area contributed by atoms with Crippen molar-refractivity contribution in [3.8, 4) is 17.6 Å². The molecule has 3 aromatic rings. The highest BCUT2D eigenvalue weighted by Crippen LogP contribution is 2.39. The molecule has 0 aliphatic heterocycles. The van der Waals surface area contributed by atoms with Crippen LogP contribution in [0.2, 0.25) is 5.02 Å². The van der Waals surface area contributed by atoms with Crippen molar-refractivity contribution in [3.63, 3.8) is 0 Å². The number of non-ortho nitro benzene ring substituents is 1. The fraction of sp³-hybridized carbons (Fsp3) is 0.0833. The zero-order chi connectivity index (χ0) is 27.2. The maximum Gasteiger partial charge on any atom is 0.339 e. The number of hydrogen-bond donors (Lipinski definition) is 1. The zero-order valence-electron chi connectivity index (χ0n) is 19.0. The summed E-state index contributed by atoms with van der Waals surface area (Å²) >= 11 is 9.09. The lowest BCUT2D eigenvalue weighted by molar-refractivity contribution is -0.384. The molecule has 1 N–H and O–H groups in total. The molecule has 0 saturated carbocycles. The van der Waals surface area contributed by atoms with Crippen LogP contribution in [0, 0.1) is 21.4 Å². The van der Waals surface area contributed by atoms with E-state index in [1.807, 2.05) is 0 Å². The fourth-order valence-corrected chi connectivity index (χ4v) is 4.72. The van der Waals surface area contributed by atoms with Crippen molar-refractivity contribution in [2.24, 2.45) is 0 Å². The summed E-state index contributed by atoms with van der Waals surface area (Å²) in [4.78, 5) is 22.9. The SMILES string of the molecule is CCOc1cc(/C=C(\C#N)C(=O)Nc2cccc([N+](=O)[O-])c2)cc(Br)c1OS(=O)(=O)c1ccc(Cl)cc1. The lowest BCUT2D eigenvalue weighted by Crippen LogP contribution is -2.13. The zero-order valence-corrected chi connectivity index (χ0v) is 22.1. The molecule has 13 heteroatoms. The molecule has 0 aliphatic rings. The summed E-state index contributed by atoms with van der Waals surface area (Å²) in [5.74, 6) is -0.895. The van der Waals surface area contributed by atoms with Gasteiger partial charge in [0.2, 0.25) is 0 Å². The van der Waals surface area contributed by atoms with Gasteiger partial charge >= 0.3 is 10.1 Å². The summed E-state index contributed by atoms with van der Waals surface area (Å²) in [6, 6.07) is 15.3. The molecule has 0 aromatic heterocycles. The Morgan fingerprint density at radius 1 is 1.22 bits per heavy atom. The molecule has 3 rings (SSSR count). The van der Waals surface area contributed by atoms with Crippen LogP contribution in [0.3, 0.4) is 0 Å². The average molecular weight is 607 g/mol. The summed E-state index contributed by atoms with van der Waals surface area (Å²) < 4.78 is 36.6. The number of nitro groups is 1. The predicted octanol–water partition coefficient (Wildman–Crippen LogP) is 5.72. The Hall–Kier alpha value is -3.92. The van der Waals surface area contributed by atoms with Crippen LogP contribution < -0.4 is 14.2 Å². The van der Waals surface area contributed by atoms with E-state index in [9.17, 15) is 28.6 Å². The molecule has 0 fully saturated rings. The van der Waals surface area contributed by atoms with E-state index in [2.05, 4.69) is 21.2 Å². The van der Waals surface area contributed by atoms with Crippen LogP contribution in [-0.4, -0.2) is 25.9 Å². The van der Waals surface area contributed by atoms with Gasteiger partial charge in [0.05, 0.1) is 16.0 Å². The number of carbonyl (C=O) groups excluding carboxylic acids is 1. The van der Waals surface area contributed by atoms with Crippen molar-refractivity contribution >= 4 is 61.0 Å². The lowest BCUT2D eigenvalue weighted by atomic mass is 10.1. The standard InChI is InChI=1S/C24H17BrClN3O7S/c1-2-35-22-12-15(10-16(14-27)24(30)28-18-4-3-5-19(13-18)29(31)32)11-21(25)23(22)36-37(33,34)20-8-6-17(26)7-9-20/h3-13H,2H2,1H3,(H,28,30)/b16-10+. The molecule has 0 heterocycles. The van der Waals surface area contributed by atoms with Gasteiger partial charge in [0.1, 0.15) is 16.5 Å². The number of carbonyl (C=O) groups is 1. The van der Waals surface area contributed by atoms with Gasteiger partial charge in [-0.1, -0.05) is 17.7 Å². The first-order chi connectivity index (χ1) is 17.5. The molecule has 0 bridgehead atoms. The molecule has 1 amide bonds. The molecule has 0 unspecified atom stereocenters. The number of anilines is 1. The minimum atomic E-state index is -4.24. The van der Waals surface area contributed by atoms with Gasteiger partial charge in [-0.15, -0.1) is 0 Å². The number of benzene rings is 3. The number of nitrogens with zero attached hydrogens (tertiary/aromatic N) is 2. The summed E-state index contributed by atoms with van der Waals surface area (Å²) in [6.07, 6.45) is 1.25. The molecule has 0 spiro atoms. The van der Waals surface area contributed by atoms with Gasteiger partial charge in [0, 0.05) is 22.8 Å². The topological polar surface area (TPSA) is 149 Å². The Morgan fingerprint density at radius 2 is 1.92 bits per heavy atom. The van der Waals surface area contributed by atoms with Crippen LogP contribution >= 0.6 is 27.5 Å². The molecule has 190 valence electrons. The Balaban J connectivity index is 1.93. The molecule has 37 heavy (non-hydrogen) atoms. The number of hydrogen-bond acceptors (Lipinski definition) is 8. The first-order valence-electron chi connectivity index (χ1n) is 10.4. The van der Waals surface area contributed by atoms with E-state index in [1.54, 1.807) is 13.0 Å². The fourth-order valence-electron chi connectivity index (χ4n) is 2.99. The number of nitriles is 1. The van der Waals surface area contributed by atoms with Gasteiger partial charge in [0.15, 0.2) is 11.5 Å². The van der Waals surface area contributed by atoms with E-state index in [1.165, 1.54) is 60.7 Å². The first kappa shape index (κ1) is 27.7. The smallest absolute Gasteiger partial charge is 0.339 e. The van der Waals surface area contributed by atoms with Crippen molar-refractivity contribution in [2.45, 2.75) is 11.8 Å². The molecular weight excluding hydrogens is 590 g/mol. The summed E-state index contributed by atoms with van der Waals surface area (Å²) in [5.41, 5.74) is -0.0944. The second-order valence-electron chi connectivity index (χ2n) is 7.19. The highest BCUT2D eigenvalue weighted by atomic mass is 79.9. The lowest BCUT2D eigenvalue weighted by Gasteiger charge is -2.14. The van der Waals surface area contributed by atoms with Crippen LogP contribution in [0.15, 0.2) is 75.6 Å². The van der Waals surface area contributed by atoms with E-state index < -0.39 is 20.9 Å². The maximum atomic E-state index is 12.8. The third-order valence-corrected chi connectivity index (χ3v) is 6.69. The van der Waals surface area contributed by atoms with E-state index in [0.29, 0.717) is 10.6 Å². The quantitative estimate of drug-likeness (QED) is 0.107. The third-order valence-electron chi connectivity index (χ3n) is 4.62. The minimum absolute atomic E-state index is 0.0389. The highest BCUT2D eigenvalue weighted by Gasteiger charge is 2.22. The molecular formula is C24H17BrClN3O7S. The number of rotatable bonds is 9. The Kier molecular flexibility index (Phi) is 8.88. The molecule has 10 nitrogen and oxygen atoms in total. The summed E-state index contributed by atoms with van der Waals surface area (Å²) in [7, 11) is -4.24. The number of amides is 1. The van der Waals surface area contributed by atoms with Crippen molar-refractivity contribution in [1.29, 1.82) is 5.26 Å². The number of halogens is 2. The first-order valence-corrected chi connectivity index (χ1v) is 13.0. The van der Waals surface area contributed by atoms with Crippen molar-refractivity contribution in [2.75, 3.05) is 11.9 Å². The van der Waals surface area contributed by atoms with Gasteiger partial charge < -0.3 is 14.2 Å². The number of nitro benzene ring substituents is 1. The van der Waals surface area contributed by atoms with E-state index >= 15 is 0 Å². The second-order valence-corrected chi connectivity index (χ2v) is 10.0. The van der Waals surface area contributed by atoms with Crippen LogP contribution in [0.25, 0.3) is 6.08 Å². The van der Waals surface area contributed by atoms with Gasteiger partial charge in [0.25, 0.3) is 11.6 Å². The van der Waals surface area contributed by atoms with E-state index in [0.717, 1.165) is 6.07 Å². The normalized spacial score (nSPS) is 11.4. The van der Waals surface area contributed by atoms with Crippen LogP contribution in [0.1, 0.15) is 12.5 Å². The molecule has 0 saturated heterocycles. The summed E-state index contributed by atoms with van der Waals surface area (Å²) in [5, 5.41) is 23.3. The maximum absolute atomic E-state index is 12.8. The van der Waals surface area contributed by atoms with Gasteiger partial charge in [-0.05, 0) is 77.0 Å². The Labute approximate surface area is 225 Å². The van der Waals surface area contributed by atoms with E-state index in [-0.39, 0.29) is 44.4 Å². The van der Waals surface area contributed by atoms with Crippen LogP contribution in [-0.2, 0) is 14.9 Å². The van der Waals surface area contributed by atoms with Gasteiger partial charge in [-0.2, -0.15) is 13.7 Å². The monoisotopic (exact) mass is 605 g/mol. The third kappa shape index (κ3) is 7.07. The Morgan fingerprint density at radius 3 is 2.54 bits per heavy atom. The second kappa shape index (κ2) is 11.9. The van der Waals surface area contributed by atoms with Crippen LogP contribution in [0.5, 0.6) is 11.5 Å². The molecule has 0 aliphatic carbocycles. The van der Waals surface area contributed by atoms with Crippen molar-refractivity contribution < 1.29 is 27.1 Å². The Bertz CT molecular complexity index is 1530. The largest absolute Gasteiger partial charge is 0.490 e. The molecule has 0 radical (unpaired) electrons. The minimum Gasteiger partial charge on any atom is -0.490 e. The highest BCUT2D eigenvalue weighted by molar-refractivity contribution is 9.10. The number of nitrogens with one attached hydrogen (secondary N) is 1. The van der Waals surface area contributed by atoms with E-state index in [4.69, 9.17) is 20.5 Å². The summed E-state index contributed by atoms with van der Waals surface area (Å²) in [6.45, 7) is 1.84. The van der Waals surface area contributed by atoms with Crippen molar-refractivity contribution in [3.05, 3.63) is 91.4 Å². The molecule has 3 aromatic carbocycles. The number of ether oxygens (including phenoxy) is 1. The van der Waals surface area contributed by atoms with Crippen molar-refractivity contribution in [1.82, 2.24) is 0 Å². The van der Waals surface area contributed by atoms with Gasteiger partial charge in [-0.3, -0.25) is 14.9 Å². The molecule has 0 atom stereocenters. The van der Waals surface area contributed by atoms with Crippen LogP contribution in [0.4, 0.5) is 11.4 Å². The van der Waals surface area contributed by atoms with Gasteiger partial charge in [-0.25, -0.2) is 0 Å².